The fourth-order valence-electron chi connectivity index (χ4n) is 1.87. The lowest BCUT2D eigenvalue weighted by Crippen LogP contribution is -2.31. The molecule has 118 valence electrons. The van der Waals surface area contributed by atoms with Crippen molar-refractivity contribution in [1.82, 2.24) is 4.90 Å². The summed E-state index contributed by atoms with van der Waals surface area (Å²) >= 11 is 0. The number of methoxy groups -OCH3 is 1. The third-order valence-corrected chi connectivity index (χ3v) is 2.93. The van der Waals surface area contributed by atoms with E-state index in [1.807, 2.05) is 0 Å². The topological polar surface area (TPSA) is 41.6 Å². The van der Waals surface area contributed by atoms with E-state index in [4.69, 9.17) is 4.74 Å². The largest absolute Gasteiger partial charge is 0.418 e. The average molecular weight is 304 g/mol. The van der Waals surface area contributed by atoms with Crippen LogP contribution in [0.3, 0.4) is 0 Å². The molecule has 7 heteroatoms. The van der Waals surface area contributed by atoms with Gasteiger partial charge in [-0.05, 0) is 19.1 Å². The molecule has 0 radical (unpaired) electrons. The van der Waals surface area contributed by atoms with Crippen LogP contribution in [0, 0.1) is 0 Å². The number of halogens is 3. The van der Waals surface area contributed by atoms with E-state index >= 15 is 0 Å². The zero-order valence-corrected chi connectivity index (χ0v) is 12.3. The van der Waals surface area contributed by atoms with Gasteiger partial charge in [-0.15, -0.1) is 0 Å². The van der Waals surface area contributed by atoms with Crippen molar-refractivity contribution in [2.24, 2.45) is 0 Å². The van der Waals surface area contributed by atoms with Crippen LogP contribution in [-0.4, -0.2) is 44.7 Å². The van der Waals surface area contributed by atoms with E-state index < -0.39 is 17.6 Å². The number of amides is 1. The number of carbonyl (C=O) groups excluding carboxylic acids is 1. The molecule has 0 aromatic heterocycles. The van der Waals surface area contributed by atoms with Gasteiger partial charge in [-0.3, -0.25) is 4.79 Å². The van der Waals surface area contributed by atoms with E-state index in [2.05, 4.69) is 5.32 Å². The molecule has 0 saturated carbocycles. The van der Waals surface area contributed by atoms with Crippen LogP contribution in [-0.2, 0) is 10.9 Å². The molecule has 0 aliphatic carbocycles. The second-order valence-electron chi connectivity index (χ2n) is 4.48. The van der Waals surface area contributed by atoms with Gasteiger partial charge in [0, 0.05) is 27.2 Å². The van der Waals surface area contributed by atoms with Crippen LogP contribution < -0.4 is 5.32 Å². The van der Waals surface area contributed by atoms with E-state index in [0.717, 1.165) is 6.07 Å². The van der Waals surface area contributed by atoms with Crippen LogP contribution in [0.1, 0.15) is 22.8 Å². The molecule has 0 bridgehead atoms. The lowest BCUT2D eigenvalue weighted by atomic mass is 10.0. The van der Waals surface area contributed by atoms with Gasteiger partial charge in [-0.25, -0.2) is 0 Å². The maximum atomic E-state index is 13.0. The van der Waals surface area contributed by atoms with Gasteiger partial charge in [-0.1, -0.05) is 6.07 Å². The summed E-state index contributed by atoms with van der Waals surface area (Å²) in [4.78, 5) is 13.6. The van der Waals surface area contributed by atoms with E-state index in [-0.39, 0.29) is 17.8 Å². The highest BCUT2D eigenvalue weighted by Gasteiger charge is 2.35. The number of hydrogen-bond donors (Lipinski definition) is 1. The molecule has 0 saturated heterocycles. The Morgan fingerprint density at radius 1 is 1.38 bits per heavy atom. The highest BCUT2D eigenvalue weighted by atomic mass is 19.4. The van der Waals surface area contributed by atoms with Crippen molar-refractivity contribution in [3.8, 4) is 0 Å². The summed E-state index contributed by atoms with van der Waals surface area (Å²) < 4.78 is 44.0. The minimum Gasteiger partial charge on any atom is -0.384 e. The number of nitrogens with one attached hydrogen (secondary N) is 1. The molecule has 1 aromatic rings. The highest BCUT2D eigenvalue weighted by molar-refractivity contribution is 6.00. The molecule has 1 rings (SSSR count). The Morgan fingerprint density at radius 3 is 2.57 bits per heavy atom. The molecule has 0 heterocycles. The van der Waals surface area contributed by atoms with E-state index in [0.29, 0.717) is 13.2 Å². The Balaban J connectivity index is 3.20. The van der Waals surface area contributed by atoms with Crippen molar-refractivity contribution < 1.29 is 22.7 Å². The molecule has 4 nitrogen and oxygen atoms in total. The summed E-state index contributed by atoms with van der Waals surface area (Å²) in [7, 11) is 3.02. The zero-order valence-electron chi connectivity index (χ0n) is 12.3. The number of rotatable bonds is 6. The predicted molar refractivity (Wildman–Crippen MR) is 74.4 cm³/mol. The summed E-state index contributed by atoms with van der Waals surface area (Å²) in [6.07, 6.45) is -4.51. The molecule has 1 amide bonds. The standard InChI is InChI=1S/C14H19F3N2O2/c1-4-18-12-10(13(20)19(2)8-9-21-3)6-5-7-11(12)14(15,16)17/h5-7,18H,4,8-9H2,1-3H3. The van der Waals surface area contributed by atoms with Gasteiger partial charge in [0.2, 0.25) is 0 Å². The second kappa shape index (κ2) is 7.31. The van der Waals surface area contributed by atoms with Crippen LogP contribution in [0.4, 0.5) is 18.9 Å². The Kier molecular flexibility index (Phi) is 6.02. The molecule has 0 atom stereocenters. The number of likely N-dealkylation sites (N-methyl/N-ethyl adjacent to an activating group) is 1. The van der Waals surface area contributed by atoms with Crippen LogP contribution >= 0.6 is 0 Å². The normalized spacial score (nSPS) is 11.3. The van der Waals surface area contributed by atoms with Crippen molar-refractivity contribution >= 4 is 11.6 Å². The Hall–Kier alpha value is -1.76. The summed E-state index contributed by atoms with van der Waals surface area (Å²) in [6.45, 7) is 2.58. The number of benzene rings is 1. The van der Waals surface area contributed by atoms with Crippen LogP contribution in [0.15, 0.2) is 18.2 Å². The SMILES string of the molecule is CCNc1c(C(=O)N(C)CCOC)cccc1C(F)(F)F. The lowest BCUT2D eigenvalue weighted by molar-refractivity contribution is -0.137. The molecule has 0 unspecified atom stereocenters. The second-order valence-corrected chi connectivity index (χ2v) is 4.48. The summed E-state index contributed by atoms with van der Waals surface area (Å²) in [6, 6.07) is 3.59. The number of ether oxygens (including phenoxy) is 1. The smallest absolute Gasteiger partial charge is 0.384 e. The van der Waals surface area contributed by atoms with Crippen molar-refractivity contribution in [2.45, 2.75) is 13.1 Å². The van der Waals surface area contributed by atoms with Crippen molar-refractivity contribution in [3.63, 3.8) is 0 Å². The maximum Gasteiger partial charge on any atom is 0.418 e. The van der Waals surface area contributed by atoms with Gasteiger partial charge < -0.3 is 15.0 Å². The average Bonchev–Trinajstić information content (AvgIpc) is 2.43. The van der Waals surface area contributed by atoms with Crippen molar-refractivity contribution in [3.05, 3.63) is 29.3 Å². The Labute approximate surface area is 121 Å². The molecule has 0 fully saturated rings. The highest BCUT2D eigenvalue weighted by Crippen LogP contribution is 2.36. The lowest BCUT2D eigenvalue weighted by Gasteiger charge is -2.21. The summed E-state index contributed by atoms with van der Waals surface area (Å²) in [5.41, 5.74) is -1.01. The van der Waals surface area contributed by atoms with Gasteiger partial charge >= 0.3 is 6.18 Å². The number of para-hydroxylation sites is 1. The van der Waals surface area contributed by atoms with E-state index in [9.17, 15) is 18.0 Å². The van der Waals surface area contributed by atoms with Crippen LogP contribution in [0.25, 0.3) is 0 Å². The number of carbonyl (C=O) groups is 1. The first-order valence-corrected chi connectivity index (χ1v) is 6.51. The Bertz CT molecular complexity index is 490. The number of anilines is 1. The minimum atomic E-state index is -4.51. The van der Waals surface area contributed by atoms with Gasteiger partial charge in [0.25, 0.3) is 5.91 Å². The molecule has 0 aliphatic heterocycles. The minimum absolute atomic E-state index is 0.00489. The molecule has 0 aliphatic rings. The number of nitrogens with zero attached hydrogens (tertiary/aromatic N) is 1. The maximum absolute atomic E-state index is 13.0. The number of alkyl halides is 3. The molecule has 1 N–H and O–H groups in total. The first-order valence-electron chi connectivity index (χ1n) is 6.51. The number of hydrogen-bond acceptors (Lipinski definition) is 3. The van der Waals surface area contributed by atoms with Gasteiger partial charge in [0.15, 0.2) is 0 Å². The van der Waals surface area contributed by atoms with E-state index in [1.54, 1.807) is 6.92 Å². The zero-order chi connectivity index (χ0) is 16.0. The quantitative estimate of drug-likeness (QED) is 0.878. The Morgan fingerprint density at radius 2 is 2.05 bits per heavy atom. The van der Waals surface area contributed by atoms with E-state index in [1.165, 1.54) is 31.2 Å². The monoisotopic (exact) mass is 304 g/mol. The first kappa shape index (κ1) is 17.3. The fourth-order valence-corrected chi connectivity index (χ4v) is 1.87. The molecule has 0 spiro atoms. The third-order valence-electron chi connectivity index (χ3n) is 2.93. The van der Waals surface area contributed by atoms with Crippen LogP contribution in [0.5, 0.6) is 0 Å². The molecule has 1 aromatic carbocycles. The third kappa shape index (κ3) is 4.35. The first-order chi connectivity index (χ1) is 9.82. The summed E-state index contributed by atoms with van der Waals surface area (Å²) in [5.74, 6) is -0.478. The van der Waals surface area contributed by atoms with Crippen molar-refractivity contribution in [1.29, 1.82) is 0 Å². The summed E-state index contributed by atoms with van der Waals surface area (Å²) in [5, 5.41) is 2.64. The van der Waals surface area contributed by atoms with Crippen molar-refractivity contribution in [2.75, 3.05) is 39.2 Å². The van der Waals surface area contributed by atoms with Gasteiger partial charge in [0.05, 0.1) is 23.4 Å². The molecular formula is C14H19F3N2O2. The van der Waals surface area contributed by atoms with Gasteiger partial charge in [0.1, 0.15) is 0 Å². The van der Waals surface area contributed by atoms with Gasteiger partial charge in [-0.2, -0.15) is 13.2 Å². The molecular weight excluding hydrogens is 285 g/mol. The predicted octanol–water partition coefficient (Wildman–Crippen LogP) is 2.86. The van der Waals surface area contributed by atoms with Crippen LogP contribution in [0.2, 0.25) is 0 Å². The fraction of sp³-hybridized carbons (Fsp3) is 0.500. The molecule has 21 heavy (non-hydrogen) atoms.